The lowest BCUT2D eigenvalue weighted by molar-refractivity contribution is 0.0953. The largest absolute Gasteiger partial charge is 0.469 e. The molecule has 0 atom stereocenters. The van der Waals surface area contributed by atoms with Gasteiger partial charge in [0.15, 0.2) is 0 Å². The zero-order chi connectivity index (χ0) is 23.1. The van der Waals surface area contributed by atoms with E-state index >= 15 is 0 Å². The van der Waals surface area contributed by atoms with Crippen LogP contribution in [-0.4, -0.2) is 51.4 Å². The van der Waals surface area contributed by atoms with Gasteiger partial charge < -0.3 is 14.6 Å². The van der Waals surface area contributed by atoms with Gasteiger partial charge in [0.05, 0.1) is 12.0 Å². The molecule has 0 radical (unpaired) electrons. The molecule has 7 nitrogen and oxygen atoms in total. The maximum absolute atomic E-state index is 13.8. The molecule has 180 valence electrons. The van der Waals surface area contributed by atoms with Crippen molar-refractivity contribution in [1.29, 1.82) is 0 Å². The molecule has 0 saturated carbocycles. The Hall–Kier alpha value is -2.32. The molecule has 0 aliphatic carbocycles. The highest BCUT2D eigenvalue weighted by molar-refractivity contribution is 7.89. The number of amides is 1. The third-order valence-corrected chi connectivity index (χ3v) is 8.52. The summed E-state index contributed by atoms with van der Waals surface area (Å²) in [7, 11) is -3.69. The SMILES string of the molecule is O=C(NCCc1ccco1)c1ccc(N2CCCCCC2)c(S(=O)(=O)N2CCCCCC2)c1. The van der Waals surface area contributed by atoms with Crippen molar-refractivity contribution in [3.63, 3.8) is 0 Å². The maximum Gasteiger partial charge on any atom is 0.251 e. The van der Waals surface area contributed by atoms with Crippen LogP contribution in [0.4, 0.5) is 5.69 Å². The highest BCUT2D eigenvalue weighted by Gasteiger charge is 2.30. The van der Waals surface area contributed by atoms with E-state index in [-0.39, 0.29) is 10.8 Å². The van der Waals surface area contributed by atoms with Crippen LogP contribution in [0.15, 0.2) is 45.9 Å². The van der Waals surface area contributed by atoms with Gasteiger partial charge in [-0.1, -0.05) is 25.7 Å². The quantitative estimate of drug-likeness (QED) is 0.652. The third kappa shape index (κ3) is 5.98. The van der Waals surface area contributed by atoms with Gasteiger partial charge in [-0.05, 0) is 56.0 Å². The Balaban J connectivity index is 1.60. The molecule has 33 heavy (non-hydrogen) atoms. The van der Waals surface area contributed by atoms with Crippen molar-refractivity contribution in [2.45, 2.75) is 62.7 Å². The Kier molecular flexibility index (Phi) is 8.09. The first-order valence-electron chi connectivity index (χ1n) is 12.3. The summed E-state index contributed by atoms with van der Waals surface area (Å²) in [5.74, 6) is 0.535. The van der Waals surface area contributed by atoms with Crippen LogP contribution in [0.1, 0.15) is 67.5 Å². The van der Waals surface area contributed by atoms with E-state index in [1.54, 1.807) is 22.7 Å². The van der Waals surface area contributed by atoms with Crippen LogP contribution in [0, 0.1) is 0 Å². The van der Waals surface area contributed by atoms with E-state index in [1.165, 1.54) is 12.8 Å². The maximum atomic E-state index is 13.8. The Labute approximate surface area is 197 Å². The molecule has 3 heterocycles. The van der Waals surface area contributed by atoms with Crippen molar-refractivity contribution in [1.82, 2.24) is 9.62 Å². The van der Waals surface area contributed by atoms with Gasteiger partial charge in [-0.3, -0.25) is 4.79 Å². The van der Waals surface area contributed by atoms with Gasteiger partial charge in [0, 0.05) is 44.7 Å². The molecule has 2 aliphatic heterocycles. The fourth-order valence-corrected chi connectivity index (χ4v) is 6.47. The van der Waals surface area contributed by atoms with Gasteiger partial charge in [-0.25, -0.2) is 8.42 Å². The topological polar surface area (TPSA) is 82.9 Å². The van der Waals surface area contributed by atoms with Crippen LogP contribution in [0.3, 0.4) is 0 Å². The van der Waals surface area contributed by atoms with E-state index in [2.05, 4.69) is 10.2 Å². The second-order valence-electron chi connectivity index (χ2n) is 8.99. The number of carbonyl (C=O) groups excluding carboxylic acids is 1. The minimum absolute atomic E-state index is 0.267. The summed E-state index contributed by atoms with van der Waals surface area (Å²) in [4.78, 5) is 15.3. The number of carbonyl (C=O) groups is 1. The zero-order valence-corrected chi connectivity index (χ0v) is 20.1. The van der Waals surface area contributed by atoms with Crippen molar-refractivity contribution in [3.8, 4) is 0 Å². The molecule has 1 amide bonds. The summed E-state index contributed by atoms with van der Waals surface area (Å²) in [5.41, 5.74) is 1.11. The van der Waals surface area contributed by atoms with E-state index in [0.29, 0.717) is 31.6 Å². The summed E-state index contributed by atoms with van der Waals surface area (Å²) in [6.07, 6.45) is 10.5. The molecule has 0 bridgehead atoms. The lowest BCUT2D eigenvalue weighted by atomic mass is 10.1. The van der Waals surface area contributed by atoms with Crippen molar-refractivity contribution in [2.75, 3.05) is 37.6 Å². The minimum atomic E-state index is -3.69. The average molecular weight is 474 g/mol. The Morgan fingerprint density at radius 1 is 0.909 bits per heavy atom. The smallest absolute Gasteiger partial charge is 0.251 e. The minimum Gasteiger partial charge on any atom is -0.469 e. The van der Waals surface area contributed by atoms with E-state index in [1.807, 2.05) is 18.2 Å². The summed E-state index contributed by atoms with van der Waals surface area (Å²) in [5, 5.41) is 2.89. The first kappa shape index (κ1) is 23.8. The van der Waals surface area contributed by atoms with E-state index in [0.717, 1.165) is 63.1 Å². The Morgan fingerprint density at radius 2 is 1.58 bits per heavy atom. The second kappa shape index (κ2) is 11.2. The van der Waals surface area contributed by atoms with Gasteiger partial charge in [-0.15, -0.1) is 0 Å². The van der Waals surface area contributed by atoms with Crippen molar-refractivity contribution >= 4 is 21.6 Å². The first-order valence-corrected chi connectivity index (χ1v) is 13.7. The lowest BCUT2D eigenvalue weighted by Gasteiger charge is -2.28. The number of nitrogens with one attached hydrogen (secondary N) is 1. The molecular weight excluding hydrogens is 438 g/mol. The van der Waals surface area contributed by atoms with Gasteiger partial charge in [0.1, 0.15) is 10.7 Å². The highest BCUT2D eigenvalue weighted by atomic mass is 32.2. The molecule has 4 rings (SSSR count). The normalized spacial score (nSPS) is 18.5. The lowest BCUT2D eigenvalue weighted by Crippen LogP contribution is -2.34. The molecule has 0 spiro atoms. The second-order valence-corrected chi connectivity index (χ2v) is 10.9. The highest BCUT2D eigenvalue weighted by Crippen LogP contribution is 2.32. The molecule has 2 fully saturated rings. The predicted octanol–water partition coefficient (Wildman–Crippen LogP) is 4.20. The summed E-state index contributed by atoms with van der Waals surface area (Å²) in [6, 6.07) is 8.86. The van der Waals surface area contributed by atoms with E-state index < -0.39 is 10.0 Å². The molecule has 1 aromatic carbocycles. The molecule has 2 saturated heterocycles. The molecule has 0 unspecified atom stereocenters. The van der Waals surface area contributed by atoms with Gasteiger partial charge in [-0.2, -0.15) is 4.31 Å². The van der Waals surface area contributed by atoms with Crippen molar-refractivity contribution in [2.24, 2.45) is 0 Å². The monoisotopic (exact) mass is 473 g/mol. The summed E-state index contributed by atoms with van der Waals surface area (Å²) >= 11 is 0. The van der Waals surface area contributed by atoms with E-state index in [9.17, 15) is 13.2 Å². The average Bonchev–Trinajstić information content (AvgIpc) is 3.04. The van der Waals surface area contributed by atoms with Gasteiger partial charge in [0.2, 0.25) is 10.0 Å². The molecule has 1 N–H and O–H groups in total. The Morgan fingerprint density at radius 3 is 2.21 bits per heavy atom. The molecular formula is C25H35N3O4S. The fraction of sp³-hybridized carbons (Fsp3) is 0.560. The van der Waals surface area contributed by atoms with Crippen LogP contribution >= 0.6 is 0 Å². The Bertz CT molecular complexity index is 1000. The number of anilines is 1. The van der Waals surface area contributed by atoms with Crippen LogP contribution in [0.5, 0.6) is 0 Å². The number of sulfonamides is 1. The zero-order valence-electron chi connectivity index (χ0n) is 19.3. The van der Waals surface area contributed by atoms with Crippen LogP contribution in [0.2, 0.25) is 0 Å². The van der Waals surface area contributed by atoms with E-state index in [4.69, 9.17) is 4.42 Å². The number of nitrogens with zero attached hydrogens (tertiary/aromatic N) is 2. The number of furan rings is 1. The third-order valence-electron chi connectivity index (χ3n) is 6.59. The molecule has 2 aromatic rings. The number of rotatable bonds is 7. The molecule has 8 heteroatoms. The number of hydrogen-bond acceptors (Lipinski definition) is 5. The summed E-state index contributed by atoms with van der Waals surface area (Å²) < 4.78 is 34.5. The van der Waals surface area contributed by atoms with Crippen LogP contribution in [-0.2, 0) is 16.4 Å². The number of hydrogen-bond donors (Lipinski definition) is 1. The van der Waals surface area contributed by atoms with Gasteiger partial charge in [0.25, 0.3) is 5.91 Å². The molecule has 1 aromatic heterocycles. The standard InChI is InChI=1S/C25H35N3O4S/c29-25(26-14-13-22-10-9-19-32-22)21-11-12-23(27-15-5-1-2-6-16-27)24(20-21)33(30,31)28-17-7-3-4-8-18-28/h9-12,19-20H,1-8,13-18H2,(H,26,29). The van der Waals surface area contributed by atoms with Crippen molar-refractivity contribution < 1.29 is 17.6 Å². The molecule has 2 aliphatic rings. The van der Waals surface area contributed by atoms with Crippen LogP contribution < -0.4 is 10.2 Å². The predicted molar refractivity (Wildman–Crippen MR) is 129 cm³/mol. The fourth-order valence-electron chi connectivity index (χ4n) is 4.71. The first-order chi connectivity index (χ1) is 16.1. The van der Waals surface area contributed by atoms with Gasteiger partial charge >= 0.3 is 0 Å². The summed E-state index contributed by atoms with van der Waals surface area (Å²) in [6.45, 7) is 3.20. The number of benzene rings is 1. The van der Waals surface area contributed by atoms with Crippen LogP contribution in [0.25, 0.3) is 0 Å². The van der Waals surface area contributed by atoms with Crippen molar-refractivity contribution in [3.05, 3.63) is 47.9 Å².